The van der Waals surface area contributed by atoms with Gasteiger partial charge in [-0.2, -0.15) is 13.2 Å². The molecule has 1 aromatic rings. The SMILES string of the molecule is NC(CC1Cc2ccccc2C1)C(F)(F)F. The summed E-state index contributed by atoms with van der Waals surface area (Å²) in [6.07, 6.45) is -2.80. The maximum atomic E-state index is 12.3. The van der Waals surface area contributed by atoms with Gasteiger partial charge in [0.05, 0.1) is 0 Å². The molecule has 0 heterocycles. The van der Waals surface area contributed by atoms with Crippen LogP contribution in [-0.4, -0.2) is 12.2 Å². The van der Waals surface area contributed by atoms with E-state index in [2.05, 4.69) is 0 Å². The van der Waals surface area contributed by atoms with E-state index in [0.717, 1.165) is 12.8 Å². The van der Waals surface area contributed by atoms with Gasteiger partial charge in [0.2, 0.25) is 0 Å². The molecule has 1 aliphatic rings. The van der Waals surface area contributed by atoms with Crippen LogP contribution >= 0.6 is 0 Å². The van der Waals surface area contributed by atoms with Crippen LogP contribution < -0.4 is 5.73 Å². The van der Waals surface area contributed by atoms with E-state index in [1.54, 1.807) is 0 Å². The lowest BCUT2D eigenvalue weighted by Gasteiger charge is -2.18. The standard InChI is InChI=1S/C12H14F3N/c13-12(14,15)11(16)7-8-5-9-3-1-2-4-10(9)6-8/h1-4,8,11H,5-7,16H2. The van der Waals surface area contributed by atoms with Crippen LogP contribution in [-0.2, 0) is 12.8 Å². The van der Waals surface area contributed by atoms with Gasteiger partial charge in [0, 0.05) is 0 Å². The Balaban J connectivity index is 1.97. The Labute approximate surface area is 92.5 Å². The second-order valence-electron chi connectivity index (χ2n) is 4.43. The summed E-state index contributed by atoms with van der Waals surface area (Å²) in [5.41, 5.74) is 7.48. The van der Waals surface area contributed by atoms with Crippen molar-refractivity contribution in [2.24, 2.45) is 11.7 Å². The highest BCUT2D eigenvalue weighted by atomic mass is 19.4. The molecule has 4 heteroatoms. The molecule has 0 saturated carbocycles. The van der Waals surface area contributed by atoms with Gasteiger partial charge in [0.1, 0.15) is 6.04 Å². The highest BCUT2D eigenvalue weighted by Crippen LogP contribution is 2.32. The fraction of sp³-hybridized carbons (Fsp3) is 0.500. The van der Waals surface area contributed by atoms with E-state index in [9.17, 15) is 13.2 Å². The molecule has 0 radical (unpaired) electrons. The summed E-state index contributed by atoms with van der Waals surface area (Å²) >= 11 is 0. The van der Waals surface area contributed by atoms with E-state index in [1.165, 1.54) is 11.1 Å². The van der Waals surface area contributed by atoms with Crippen LogP contribution in [0.15, 0.2) is 24.3 Å². The van der Waals surface area contributed by atoms with Gasteiger partial charge < -0.3 is 5.73 Å². The number of nitrogens with two attached hydrogens (primary N) is 1. The fourth-order valence-electron chi connectivity index (χ4n) is 2.31. The van der Waals surface area contributed by atoms with Crippen LogP contribution in [0.2, 0.25) is 0 Å². The Hall–Kier alpha value is -1.03. The molecule has 1 nitrogen and oxygen atoms in total. The van der Waals surface area contributed by atoms with E-state index >= 15 is 0 Å². The first-order valence-electron chi connectivity index (χ1n) is 5.36. The minimum atomic E-state index is -4.27. The molecule has 1 unspecified atom stereocenters. The quantitative estimate of drug-likeness (QED) is 0.829. The Bertz CT molecular complexity index is 348. The summed E-state index contributed by atoms with van der Waals surface area (Å²) in [6.45, 7) is 0. The third kappa shape index (κ3) is 2.38. The number of hydrogen-bond donors (Lipinski definition) is 1. The number of halogens is 3. The average Bonchev–Trinajstić information content (AvgIpc) is 2.58. The fourth-order valence-corrected chi connectivity index (χ4v) is 2.31. The Morgan fingerprint density at radius 1 is 1.19 bits per heavy atom. The maximum Gasteiger partial charge on any atom is 0.403 e. The van der Waals surface area contributed by atoms with Crippen molar-refractivity contribution in [1.82, 2.24) is 0 Å². The van der Waals surface area contributed by atoms with Gasteiger partial charge in [-0.1, -0.05) is 24.3 Å². The van der Waals surface area contributed by atoms with Crippen molar-refractivity contribution in [3.63, 3.8) is 0 Å². The van der Waals surface area contributed by atoms with Crippen molar-refractivity contribution in [1.29, 1.82) is 0 Å². The lowest BCUT2D eigenvalue weighted by Crippen LogP contribution is -2.39. The van der Waals surface area contributed by atoms with Gasteiger partial charge in [-0.15, -0.1) is 0 Å². The average molecular weight is 229 g/mol. The molecular weight excluding hydrogens is 215 g/mol. The van der Waals surface area contributed by atoms with E-state index in [0.29, 0.717) is 0 Å². The Kier molecular flexibility index (Phi) is 2.93. The molecule has 0 amide bonds. The van der Waals surface area contributed by atoms with Crippen LogP contribution in [0.3, 0.4) is 0 Å². The van der Waals surface area contributed by atoms with Crippen LogP contribution in [0, 0.1) is 5.92 Å². The van der Waals surface area contributed by atoms with Crippen LogP contribution in [0.5, 0.6) is 0 Å². The molecular formula is C12H14F3N. The highest BCUT2D eigenvalue weighted by Gasteiger charge is 2.38. The summed E-state index contributed by atoms with van der Waals surface area (Å²) in [7, 11) is 0. The molecule has 0 bridgehead atoms. The van der Waals surface area contributed by atoms with Crippen LogP contribution in [0.4, 0.5) is 13.2 Å². The van der Waals surface area contributed by atoms with Crippen molar-refractivity contribution in [3.05, 3.63) is 35.4 Å². The van der Waals surface area contributed by atoms with E-state index in [4.69, 9.17) is 5.73 Å². The first-order chi connectivity index (χ1) is 7.47. The van der Waals surface area contributed by atoms with Crippen molar-refractivity contribution in [3.8, 4) is 0 Å². The van der Waals surface area contributed by atoms with Crippen molar-refractivity contribution >= 4 is 0 Å². The predicted molar refractivity (Wildman–Crippen MR) is 56.0 cm³/mol. The first-order valence-corrected chi connectivity index (χ1v) is 5.36. The monoisotopic (exact) mass is 229 g/mol. The number of alkyl halides is 3. The van der Waals surface area contributed by atoms with Gasteiger partial charge in [0.15, 0.2) is 0 Å². The molecule has 1 aliphatic carbocycles. The van der Waals surface area contributed by atoms with Gasteiger partial charge in [0.25, 0.3) is 0 Å². The first kappa shape index (κ1) is 11.5. The second-order valence-corrected chi connectivity index (χ2v) is 4.43. The van der Waals surface area contributed by atoms with Crippen LogP contribution in [0.1, 0.15) is 17.5 Å². The summed E-state index contributed by atoms with van der Waals surface area (Å²) in [5, 5.41) is 0. The number of benzene rings is 1. The molecule has 2 N–H and O–H groups in total. The smallest absolute Gasteiger partial charge is 0.320 e. The second kappa shape index (κ2) is 4.09. The summed E-state index contributed by atoms with van der Waals surface area (Å²) < 4.78 is 36.9. The zero-order valence-corrected chi connectivity index (χ0v) is 8.80. The third-order valence-corrected chi connectivity index (χ3v) is 3.14. The van der Waals surface area contributed by atoms with Crippen molar-refractivity contribution in [2.75, 3.05) is 0 Å². The normalized spacial score (nSPS) is 18.5. The van der Waals surface area contributed by atoms with Gasteiger partial charge >= 0.3 is 6.18 Å². The van der Waals surface area contributed by atoms with Gasteiger partial charge in [-0.05, 0) is 36.3 Å². The predicted octanol–water partition coefficient (Wildman–Crippen LogP) is 2.68. The molecule has 0 spiro atoms. The third-order valence-electron chi connectivity index (χ3n) is 3.14. The topological polar surface area (TPSA) is 26.0 Å². The lowest BCUT2D eigenvalue weighted by atomic mass is 9.97. The number of rotatable bonds is 2. The molecule has 16 heavy (non-hydrogen) atoms. The summed E-state index contributed by atoms with van der Waals surface area (Å²) in [4.78, 5) is 0. The van der Waals surface area contributed by atoms with Crippen molar-refractivity contribution in [2.45, 2.75) is 31.5 Å². The minimum Gasteiger partial charge on any atom is -0.320 e. The lowest BCUT2D eigenvalue weighted by molar-refractivity contribution is -0.151. The highest BCUT2D eigenvalue weighted by molar-refractivity contribution is 5.32. The molecule has 1 aromatic carbocycles. The molecule has 0 saturated heterocycles. The Morgan fingerprint density at radius 3 is 2.12 bits per heavy atom. The molecule has 0 fully saturated rings. The van der Waals surface area contributed by atoms with Crippen LogP contribution in [0.25, 0.3) is 0 Å². The summed E-state index contributed by atoms with van der Waals surface area (Å²) in [5.74, 6) is 0.0361. The number of fused-ring (bicyclic) bond motifs is 1. The number of hydrogen-bond acceptors (Lipinski definition) is 1. The summed E-state index contributed by atoms with van der Waals surface area (Å²) in [6, 6.07) is 6.12. The molecule has 2 rings (SSSR count). The maximum absolute atomic E-state index is 12.3. The largest absolute Gasteiger partial charge is 0.403 e. The molecule has 0 aromatic heterocycles. The van der Waals surface area contributed by atoms with E-state index in [1.807, 2.05) is 24.3 Å². The van der Waals surface area contributed by atoms with Gasteiger partial charge in [-0.25, -0.2) is 0 Å². The molecule has 88 valence electrons. The van der Waals surface area contributed by atoms with Crippen molar-refractivity contribution < 1.29 is 13.2 Å². The Morgan fingerprint density at radius 2 is 1.69 bits per heavy atom. The van der Waals surface area contributed by atoms with Gasteiger partial charge in [-0.3, -0.25) is 0 Å². The molecule has 0 aliphatic heterocycles. The van der Waals surface area contributed by atoms with E-state index < -0.39 is 12.2 Å². The zero-order chi connectivity index (χ0) is 11.8. The minimum absolute atomic E-state index is 0.0260. The zero-order valence-electron chi connectivity index (χ0n) is 8.80. The van der Waals surface area contributed by atoms with E-state index in [-0.39, 0.29) is 12.3 Å². The molecule has 1 atom stereocenters.